The second-order valence-corrected chi connectivity index (χ2v) is 4.44. The molecule has 1 aliphatic rings. The minimum absolute atomic E-state index is 0.262. The molecule has 1 saturated heterocycles. The van der Waals surface area contributed by atoms with Gasteiger partial charge in [0, 0.05) is 24.8 Å². The van der Waals surface area contributed by atoms with E-state index in [-0.39, 0.29) is 6.61 Å². The Labute approximate surface area is 96.4 Å². The molecule has 16 heavy (non-hydrogen) atoms. The first kappa shape index (κ1) is 11.4. The Hall–Kier alpha value is -1.06. The van der Waals surface area contributed by atoms with Gasteiger partial charge in [-0.2, -0.15) is 0 Å². The van der Waals surface area contributed by atoms with Crippen LogP contribution in [-0.2, 0) is 0 Å². The van der Waals surface area contributed by atoms with Crippen molar-refractivity contribution in [1.82, 2.24) is 5.32 Å². The number of aliphatic hydroxyl groups excluding tert-OH is 1. The third-order valence-electron chi connectivity index (χ3n) is 3.30. The van der Waals surface area contributed by atoms with E-state index in [4.69, 9.17) is 9.84 Å². The Morgan fingerprint density at radius 3 is 2.94 bits per heavy atom. The molecule has 0 aromatic heterocycles. The summed E-state index contributed by atoms with van der Waals surface area (Å²) in [7, 11) is 1.71. The number of para-hydroxylation sites is 1. The van der Waals surface area contributed by atoms with Crippen molar-refractivity contribution < 1.29 is 9.84 Å². The molecule has 3 nitrogen and oxygen atoms in total. The Morgan fingerprint density at radius 2 is 2.31 bits per heavy atom. The van der Waals surface area contributed by atoms with E-state index in [1.807, 2.05) is 0 Å². The van der Waals surface area contributed by atoms with Crippen LogP contribution in [-0.4, -0.2) is 25.4 Å². The van der Waals surface area contributed by atoms with Gasteiger partial charge in [-0.05, 0) is 24.8 Å². The maximum absolute atomic E-state index is 9.14. The van der Waals surface area contributed by atoms with Gasteiger partial charge in [0.1, 0.15) is 5.75 Å². The van der Waals surface area contributed by atoms with Crippen LogP contribution < -0.4 is 10.1 Å². The molecule has 2 N–H and O–H groups in total. The fourth-order valence-corrected chi connectivity index (χ4v) is 2.41. The zero-order chi connectivity index (χ0) is 11.5. The maximum atomic E-state index is 9.14. The summed E-state index contributed by atoms with van der Waals surface area (Å²) in [5.74, 6) is 1.34. The molecule has 0 saturated carbocycles. The molecule has 2 unspecified atom stereocenters. The van der Waals surface area contributed by atoms with E-state index in [1.54, 1.807) is 7.11 Å². The molecule has 0 spiro atoms. The SMILES string of the molecule is COc1c(C)cccc1C1CC(CO)CN1. The normalized spacial score (nSPS) is 24.7. The lowest BCUT2D eigenvalue weighted by Gasteiger charge is -2.16. The molecule has 0 bridgehead atoms. The van der Waals surface area contributed by atoms with Gasteiger partial charge in [0.2, 0.25) is 0 Å². The Kier molecular flexibility index (Phi) is 3.46. The summed E-state index contributed by atoms with van der Waals surface area (Å²) in [6.07, 6.45) is 0.982. The van der Waals surface area contributed by atoms with Gasteiger partial charge in [-0.25, -0.2) is 0 Å². The molecule has 2 rings (SSSR count). The first-order valence-electron chi connectivity index (χ1n) is 5.74. The van der Waals surface area contributed by atoms with Gasteiger partial charge < -0.3 is 15.2 Å². The van der Waals surface area contributed by atoms with Crippen molar-refractivity contribution in [1.29, 1.82) is 0 Å². The summed E-state index contributed by atoms with van der Waals surface area (Å²) in [6, 6.07) is 6.53. The third-order valence-corrected chi connectivity index (χ3v) is 3.30. The van der Waals surface area contributed by atoms with Gasteiger partial charge in [-0.3, -0.25) is 0 Å². The van der Waals surface area contributed by atoms with E-state index in [9.17, 15) is 0 Å². The topological polar surface area (TPSA) is 41.5 Å². The minimum atomic E-state index is 0.262. The molecule has 1 aromatic rings. The predicted molar refractivity (Wildman–Crippen MR) is 63.7 cm³/mol. The van der Waals surface area contributed by atoms with Crippen molar-refractivity contribution in [3.8, 4) is 5.75 Å². The van der Waals surface area contributed by atoms with Crippen LogP contribution in [0, 0.1) is 12.8 Å². The third kappa shape index (κ3) is 2.06. The van der Waals surface area contributed by atoms with Crippen molar-refractivity contribution in [2.24, 2.45) is 5.92 Å². The fraction of sp³-hybridized carbons (Fsp3) is 0.538. The summed E-state index contributed by atoms with van der Waals surface area (Å²) in [5.41, 5.74) is 2.37. The van der Waals surface area contributed by atoms with Crippen LogP contribution in [0.4, 0.5) is 0 Å². The molecule has 1 aromatic carbocycles. The zero-order valence-corrected chi connectivity index (χ0v) is 9.86. The smallest absolute Gasteiger partial charge is 0.126 e. The molecule has 2 atom stereocenters. The molecule has 3 heteroatoms. The minimum Gasteiger partial charge on any atom is -0.496 e. The molecule has 88 valence electrons. The zero-order valence-electron chi connectivity index (χ0n) is 9.86. The first-order chi connectivity index (χ1) is 7.76. The van der Waals surface area contributed by atoms with Gasteiger partial charge in [0.05, 0.1) is 7.11 Å². The van der Waals surface area contributed by atoms with Gasteiger partial charge in [0.25, 0.3) is 0 Å². The summed E-state index contributed by atoms with van der Waals surface area (Å²) in [5, 5.41) is 12.6. The molecular weight excluding hydrogens is 202 g/mol. The van der Waals surface area contributed by atoms with Crippen LogP contribution in [0.3, 0.4) is 0 Å². The second kappa shape index (κ2) is 4.85. The standard InChI is InChI=1S/C13H19NO2/c1-9-4-3-5-11(13(9)16-2)12-6-10(8-15)7-14-12/h3-5,10,12,14-15H,6-8H2,1-2H3. The number of rotatable bonds is 3. The van der Waals surface area contributed by atoms with E-state index in [1.165, 1.54) is 5.56 Å². The highest BCUT2D eigenvalue weighted by atomic mass is 16.5. The number of hydrogen-bond acceptors (Lipinski definition) is 3. The Balaban J connectivity index is 2.24. The van der Waals surface area contributed by atoms with Crippen LogP contribution in [0.15, 0.2) is 18.2 Å². The number of hydrogen-bond donors (Lipinski definition) is 2. The van der Waals surface area contributed by atoms with E-state index in [0.29, 0.717) is 12.0 Å². The molecule has 0 radical (unpaired) electrons. The van der Waals surface area contributed by atoms with Crippen LogP contribution in [0.5, 0.6) is 5.75 Å². The maximum Gasteiger partial charge on any atom is 0.126 e. The monoisotopic (exact) mass is 221 g/mol. The van der Waals surface area contributed by atoms with E-state index in [2.05, 4.69) is 30.4 Å². The van der Waals surface area contributed by atoms with E-state index >= 15 is 0 Å². The highest BCUT2D eigenvalue weighted by Gasteiger charge is 2.26. The largest absolute Gasteiger partial charge is 0.496 e. The average Bonchev–Trinajstić information content (AvgIpc) is 2.77. The molecular formula is C13H19NO2. The Morgan fingerprint density at radius 1 is 1.50 bits per heavy atom. The van der Waals surface area contributed by atoms with E-state index < -0.39 is 0 Å². The summed E-state index contributed by atoms with van der Waals surface area (Å²) in [6.45, 7) is 3.21. The quantitative estimate of drug-likeness (QED) is 0.815. The second-order valence-electron chi connectivity index (χ2n) is 4.44. The molecule has 1 aliphatic heterocycles. The number of aliphatic hydroxyl groups is 1. The lowest BCUT2D eigenvalue weighted by Crippen LogP contribution is -2.15. The predicted octanol–water partition coefficient (Wildman–Crippen LogP) is 1.65. The number of aryl methyl sites for hydroxylation is 1. The highest BCUT2D eigenvalue weighted by Crippen LogP contribution is 2.34. The van der Waals surface area contributed by atoms with Crippen LogP contribution >= 0.6 is 0 Å². The van der Waals surface area contributed by atoms with E-state index in [0.717, 1.165) is 24.3 Å². The highest BCUT2D eigenvalue weighted by molar-refractivity contribution is 5.43. The van der Waals surface area contributed by atoms with Gasteiger partial charge in [-0.15, -0.1) is 0 Å². The summed E-state index contributed by atoms with van der Waals surface area (Å²) in [4.78, 5) is 0. The van der Waals surface area contributed by atoms with Gasteiger partial charge in [-0.1, -0.05) is 18.2 Å². The number of nitrogens with one attached hydrogen (secondary N) is 1. The van der Waals surface area contributed by atoms with Crippen molar-refractivity contribution in [3.05, 3.63) is 29.3 Å². The average molecular weight is 221 g/mol. The number of benzene rings is 1. The molecule has 0 aliphatic carbocycles. The lowest BCUT2D eigenvalue weighted by molar-refractivity contribution is 0.235. The van der Waals surface area contributed by atoms with Crippen LogP contribution in [0.1, 0.15) is 23.6 Å². The van der Waals surface area contributed by atoms with Gasteiger partial charge >= 0.3 is 0 Å². The van der Waals surface area contributed by atoms with Crippen LogP contribution in [0.2, 0.25) is 0 Å². The fourth-order valence-electron chi connectivity index (χ4n) is 2.41. The number of methoxy groups -OCH3 is 1. The Bertz CT molecular complexity index is 365. The van der Waals surface area contributed by atoms with Crippen molar-refractivity contribution in [2.45, 2.75) is 19.4 Å². The van der Waals surface area contributed by atoms with Crippen molar-refractivity contribution in [2.75, 3.05) is 20.3 Å². The summed E-state index contributed by atoms with van der Waals surface area (Å²) >= 11 is 0. The van der Waals surface area contributed by atoms with Crippen LogP contribution in [0.25, 0.3) is 0 Å². The van der Waals surface area contributed by atoms with Crippen molar-refractivity contribution >= 4 is 0 Å². The van der Waals surface area contributed by atoms with Gasteiger partial charge in [0.15, 0.2) is 0 Å². The first-order valence-corrected chi connectivity index (χ1v) is 5.74. The lowest BCUT2D eigenvalue weighted by atomic mass is 9.98. The number of ether oxygens (including phenoxy) is 1. The molecule has 1 fully saturated rings. The summed E-state index contributed by atoms with van der Waals surface area (Å²) < 4.78 is 5.45. The molecule has 0 amide bonds. The van der Waals surface area contributed by atoms with Crippen molar-refractivity contribution in [3.63, 3.8) is 0 Å². The molecule has 1 heterocycles.